The molecule has 1 fully saturated rings. The number of carbonyl (C=O) groups excluding carboxylic acids is 2. The zero-order valence-corrected chi connectivity index (χ0v) is 13.2. The molecule has 0 N–H and O–H groups in total. The molecule has 0 atom stereocenters. The van der Waals surface area contributed by atoms with E-state index in [0.29, 0.717) is 38.2 Å². The van der Waals surface area contributed by atoms with E-state index in [1.165, 1.54) is 0 Å². The van der Waals surface area contributed by atoms with E-state index in [2.05, 4.69) is 15.9 Å². The van der Waals surface area contributed by atoms with Crippen LogP contribution in [0.5, 0.6) is 0 Å². The number of rotatable bonds is 3. The number of benzene rings is 1. The second kappa shape index (κ2) is 6.88. The van der Waals surface area contributed by atoms with Gasteiger partial charge in [-0.3, -0.25) is 9.59 Å². The maximum absolute atomic E-state index is 12.3. The molecule has 1 aromatic rings. The van der Waals surface area contributed by atoms with Gasteiger partial charge in [-0.25, -0.2) is 0 Å². The Hall–Kier alpha value is -1.36. The molecule has 0 aromatic heterocycles. The van der Waals surface area contributed by atoms with Crippen LogP contribution in [0.4, 0.5) is 0 Å². The predicted octanol–water partition coefficient (Wildman–Crippen LogP) is 2.53. The van der Waals surface area contributed by atoms with Crippen molar-refractivity contribution in [3.8, 4) is 0 Å². The Labute approximate surface area is 127 Å². The summed E-state index contributed by atoms with van der Waals surface area (Å²) >= 11 is 3.36. The molecule has 1 aromatic carbocycles. The molecule has 2 rings (SSSR count). The lowest BCUT2D eigenvalue weighted by molar-refractivity contribution is -0.132. The van der Waals surface area contributed by atoms with E-state index in [4.69, 9.17) is 0 Å². The summed E-state index contributed by atoms with van der Waals surface area (Å²) in [5, 5.41) is 0. The first-order valence-corrected chi connectivity index (χ1v) is 7.73. The van der Waals surface area contributed by atoms with E-state index >= 15 is 0 Å². The van der Waals surface area contributed by atoms with Gasteiger partial charge < -0.3 is 9.80 Å². The van der Waals surface area contributed by atoms with E-state index in [9.17, 15) is 9.59 Å². The number of hydrogen-bond acceptors (Lipinski definition) is 2. The smallest absolute Gasteiger partial charge is 0.253 e. The minimum atomic E-state index is 0.0418. The fourth-order valence-electron chi connectivity index (χ4n) is 2.31. The van der Waals surface area contributed by atoms with Gasteiger partial charge in [0.1, 0.15) is 0 Å². The molecule has 20 heavy (non-hydrogen) atoms. The lowest BCUT2D eigenvalue weighted by Gasteiger charge is -2.34. The molecule has 1 heterocycles. The van der Waals surface area contributed by atoms with Gasteiger partial charge in [0, 0.05) is 42.6 Å². The second-order valence-electron chi connectivity index (χ2n) is 4.93. The third kappa shape index (κ3) is 3.60. The Kier molecular flexibility index (Phi) is 5.17. The first kappa shape index (κ1) is 15.0. The maximum Gasteiger partial charge on any atom is 0.253 e. The quantitative estimate of drug-likeness (QED) is 0.849. The molecule has 0 radical (unpaired) electrons. The molecular weight excluding hydrogens is 320 g/mol. The number of carbonyl (C=O) groups is 2. The highest BCUT2D eigenvalue weighted by Gasteiger charge is 2.24. The van der Waals surface area contributed by atoms with Gasteiger partial charge in [0.05, 0.1) is 0 Å². The van der Waals surface area contributed by atoms with Gasteiger partial charge in [-0.1, -0.05) is 22.9 Å². The highest BCUT2D eigenvalue weighted by Crippen LogP contribution is 2.14. The average molecular weight is 339 g/mol. The first-order valence-electron chi connectivity index (χ1n) is 6.94. The zero-order chi connectivity index (χ0) is 14.5. The fourth-order valence-corrected chi connectivity index (χ4v) is 2.57. The molecule has 0 saturated carbocycles. The number of hydrogen-bond donors (Lipinski definition) is 0. The van der Waals surface area contributed by atoms with Crippen LogP contribution in [-0.4, -0.2) is 47.8 Å². The molecule has 0 spiro atoms. The van der Waals surface area contributed by atoms with Crippen LogP contribution in [0.25, 0.3) is 0 Å². The van der Waals surface area contributed by atoms with Gasteiger partial charge in [0.25, 0.3) is 5.91 Å². The van der Waals surface area contributed by atoms with E-state index in [-0.39, 0.29) is 11.8 Å². The lowest BCUT2D eigenvalue weighted by Crippen LogP contribution is -2.50. The molecule has 1 saturated heterocycles. The normalized spacial score (nSPS) is 15.3. The third-order valence-corrected chi connectivity index (χ3v) is 4.00. The van der Waals surface area contributed by atoms with Crippen molar-refractivity contribution in [2.75, 3.05) is 26.2 Å². The van der Waals surface area contributed by atoms with Crippen molar-refractivity contribution in [1.29, 1.82) is 0 Å². The Balaban J connectivity index is 1.92. The van der Waals surface area contributed by atoms with Gasteiger partial charge in [0.15, 0.2) is 0 Å². The van der Waals surface area contributed by atoms with E-state index in [0.717, 1.165) is 10.9 Å². The minimum absolute atomic E-state index is 0.0418. The van der Waals surface area contributed by atoms with E-state index in [1.807, 2.05) is 41.0 Å². The summed E-state index contributed by atoms with van der Waals surface area (Å²) in [6, 6.07) is 7.38. The highest BCUT2D eigenvalue weighted by molar-refractivity contribution is 9.10. The van der Waals surface area contributed by atoms with E-state index < -0.39 is 0 Å². The molecule has 0 unspecified atom stereocenters. The Bertz CT molecular complexity index is 479. The van der Waals surface area contributed by atoms with Gasteiger partial charge >= 0.3 is 0 Å². The molecule has 2 amide bonds. The summed E-state index contributed by atoms with van der Waals surface area (Å²) in [7, 11) is 0. The monoisotopic (exact) mass is 338 g/mol. The van der Waals surface area contributed by atoms with Crippen molar-refractivity contribution in [2.24, 2.45) is 0 Å². The van der Waals surface area contributed by atoms with Gasteiger partial charge in [-0.15, -0.1) is 0 Å². The Morgan fingerprint density at radius 3 is 2.15 bits per heavy atom. The molecule has 4 nitrogen and oxygen atoms in total. The topological polar surface area (TPSA) is 40.6 Å². The number of nitrogens with zero attached hydrogens (tertiary/aromatic N) is 2. The number of piperazine rings is 1. The maximum atomic E-state index is 12.3. The largest absolute Gasteiger partial charge is 0.339 e. The van der Waals surface area contributed by atoms with Crippen LogP contribution in [0, 0.1) is 0 Å². The summed E-state index contributed by atoms with van der Waals surface area (Å²) in [5.74, 6) is 0.239. The number of amides is 2. The summed E-state index contributed by atoms with van der Waals surface area (Å²) in [5.41, 5.74) is 0.696. The standard InChI is InChI=1S/C15H19BrN2O2/c1-2-3-14(19)17-8-10-18(11-9-17)15(20)12-4-6-13(16)7-5-12/h4-7H,2-3,8-11H2,1H3. The Morgan fingerprint density at radius 2 is 1.60 bits per heavy atom. The van der Waals surface area contributed by atoms with Crippen molar-refractivity contribution in [3.05, 3.63) is 34.3 Å². The molecule has 1 aliphatic heterocycles. The molecule has 5 heteroatoms. The summed E-state index contributed by atoms with van der Waals surface area (Å²) in [6.07, 6.45) is 1.47. The van der Waals surface area contributed by atoms with Gasteiger partial charge in [-0.05, 0) is 30.7 Å². The SMILES string of the molecule is CCCC(=O)N1CCN(C(=O)c2ccc(Br)cc2)CC1. The minimum Gasteiger partial charge on any atom is -0.339 e. The third-order valence-electron chi connectivity index (χ3n) is 3.47. The number of halogens is 1. The second-order valence-corrected chi connectivity index (χ2v) is 5.85. The highest BCUT2D eigenvalue weighted by atomic mass is 79.9. The van der Waals surface area contributed by atoms with Crippen LogP contribution in [0.3, 0.4) is 0 Å². The van der Waals surface area contributed by atoms with Crippen molar-refractivity contribution in [2.45, 2.75) is 19.8 Å². The van der Waals surface area contributed by atoms with Crippen LogP contribution in [0.2, 0.25) is 0 Å². The summed E-state index contributed by atoms with van der Waals surface area (Å²) in [6.45, 7) is 4.52. The first-order chi connectivity index (χ1) is 9.61. The van der Waals surface area contributed by atoms with Crippen LogP contribution in [0.15, 0.2) is 28.7 Å². The molecule has 1 aliphatic rings. The van der Waals surface area contributed by atoms with E-state index in [1.54, 1.807) is 0 Å². The molecule has 0 bridgehead atoms. The van der Waals surface area contributed by atoms with Crippen molar-refractivity contribution < 1.29 is 9.59 Å². The molecule has 108 valence electrons. The van der Waals surface area contributed by atoms with Gasteiger partial charge in [0.2, 0.25) is 5.91 Å². The predicted molar refractivity (Wildman–Crippen MR) is 81.5 cm³/mol. The lowest BCUT2D eigenvalue weighted by atomic mass is 10.2. The van der Waals surface area contributed by atoms with Gasteiger partial charge in [-0.2, -0.15) is 0 Å². The van der Waals surface area contributed by atoms with Crippen molar-refractivity contribution >= 4 is 27.7 Å². The van der Waals surface area contributed by atoms with Crippen molar-refractivity contribution in [3.63, 3.8) is 0 Å². The van der Waals surface area contributed by atoms with Crippen LogP contribution >= 0.6 is 15.9 Å². The molecular formula is C15H19BrN2O2. The van der Waals surface area contributed by atoms with Crippen LogP contribution in [-0.2, 0) is 4.79 Å². The molecule has 0 aliphatic carbocycles. The summed E-state index contributed by atoms with van der Waals surface area (Å²) in [4.78, 5) is 27.8. The zero-order valence-electron chi connectivity index (χ0n) is 11.6. The average Bonchev–Trinajstić information content (AvgIpc) is 2.48. The van der Waals surface area contributed by atoms with Crippen molar-refractivity contribution in [1.82, 2.24) is 9.80 Å². The Morgan fingerprint density at radius 1 is 1.05 bits per heavy atom. The fraction of sp³-hybridized carbons (Fsp3) is 0.467. The summed E-state index contributed by atoms with van der Waals surface area (Å²) < 4.78 is 0.962. The van der Waals surface area contributed by atoms with Crippen LogP contribution in [0.1, 0.15) is 30.1 Å². The van der Waals surface area contributed by atoms with Crippen LogP contribution < -0.4 is 0 Å².